The summed E-state index contributed by atoms with van der Waals surface area (Å²) in [6.45, 7) is 0. The summed E-state index contributed by atoms with van der Waals surface area (Å²) in [5.74, 6) is -1.74. The number of alkyl halides is 3. The van der Waals surface area contributed by atoms with E-state index in [1.54, 1.807) is 12.1 Å². The second-order valence-electron chi connectivity index (χ2n) is 6.62. The first-order chi connectivity index (χ1) is 15.7. The fraction of sp³-hybridized carbons (Fsp3) is 0.0435. The third-order valence-electron chi connectivity index (χ3n) is 4.32. The summed E-state index contributed by atoms with van der Waals surface area (Å²) in [5.41, 5.74) is 0.241. The number of para-hydroxylation sites is 1. The van der Waals surface area contributed by atoms with Crippen LogP contribution >= 0.6 is 0 Å². The molecule has 10 heteroatoms. The average Bonchev–Trinajstić information content (AvgIpc) is 2.79. The summed E-state index contributed by atoms with van der Waals surface area (Å²) in [4.78, 5) is 24.2. The average molecular weight is 460 g/mol. The smallest absolute Gasteiger partial charge is 0.416 e. The third kappa shape index (κ3) is 6.17. The van der Waals surface area contributed by atoms with Crippen molar-refractivity contribution in [3.05, 3.63) is 95.3 Å². The molecule has 0 saturated carbocycles. The lowest BCUT2D eigenvalue weighted by Gasteiger charge is -2.14. The maximum Gasteiger partial charge on any atom is 0.416 e. The van der Waals surface area contributed by atoms with Crippen molar-refractivity contribution in [3.63, 3.8) is 0 Å². The molecule has 0 fully saturated rings. The second-order valence-corrected chi connectivity index (χ2v) is 6.62. The molecule has 3 N–H and O–H groups in total. The van der Waals surface area contributed by atoms with Gasteiger partial charge in [-0.15, -0.1) is 0 Å². The number of carbonyl (C=O) groups excluding carboxylic acids is 2. The molecule has 170 valence electrons. The Kier molecular flexibility index (Phi) is 7.09. The lowest BCUT2D eigenvalue weighted by atomic mass is 10.1. The van der Waals surface area contributed by atoms with E-state index in [1.807, 2.05) is 0 Å². The fourth-order valence-electron chi connectivity index (χ4n) is 2.76. The van der Waals surface area contributed by atoms with Crippen molar-refractivity contribution < 1.29 is 37.1 Å². The fourth-order valence-corrected chi connectivity index (χ4v) is 2.76. The summed E-state index contributed by atoms with van der Waals surface area (Å²) >= 11 is 0. The minimum Gasteiger partial charge on any atom is -0.457 e. The van der Waals surface area contributed by atoms with Gasteiger partial charge >= 0.3 is 6.18 Å². The van der Waals surface area contributed by atoms with E-state index in [0.29, 0.717) is 0 Å². The van der Waals surface area contributed by atoms with Gasteiger partial charge in [0.25, 0.3) is 11.8 Å². The van der Waals surface area contributed by atoms with Gasteiger partial charge < -0.3 is 10.1 Å². The van der Waals surface area contributed by atoms with Gasteiger partial charge in [-0.3, -0.25) is 14.8 Å². The van der Waals surface area contributed by atoms with Crippen LogP contribution in [0.2, 0.25) is 0 Å². The number of hydrogen-bond donors (Lipinski definition) is 3. The zero-order chi connectivity index (χ0) is 24.0. The van der Waals surface area contributed by atoms with Crippen LogP contribution in [0.4, 0.5) is 23.2 Å². The van der Waals surface area contributed by atoms with Crippen LogP contribution in [-0.4, -0.2) is 17.0 Å². The molecule has 0 aliphatic rings. The van der Waals surface area contributed by atoms with E-state index in [-0.39, 0.29) is 28.3 Å². The molecule has 0 heterocycles. The Bertz CT molecular complexity index is 1190. The molecule has 0 aromatic heterocycles. The van der Waals surface area contributed by atoms with Gasteiger partial charge in [-0.2, -0.15) is 13.2 Å². The molecule has 0 aliphatic heterocycles. The maximum atomic E-state index is 13.1. The van der Waals surface area contributed by atoms with Crippen LogP contribution in [0.15, 0.2) is 72.8 Å². The molecular formula is C23H16F4N2O4. The van der Waals surface area contributed by atoms with Crippen LogP contribution in [0.1, 0.15) is 21.5 Å². The summed E-state index contributed by atoms with van der Waals surface area (Å²) in [6, 6.07) is 13.8. The Balaban J connectivity index is 1.91. The molecule has 2 amide bonds. The van der Waals surface area contributed by atoms with Gasteiger partial charge in [-0.05, 0) is 66.2 Å². The standard InChI is InChI=1S/C23H16F4N2O4/c24-16-7-9-17(10-8-16)33-20-4-2-1-3-18(20)22(31)28-19-11-6-15(23(25,26)27)13-14(19)5-12-21(30)29-32/h1-13,32H,(H,28,31)(H,29,30)/b12-5+. The molecule has 0 aliphatic carbocycles. The van der Waals surface area contributed by atoms with E-state index < -0.39 is 29.4 Å². The van der Waals surface area contributed by atoms with Crippen molar-refractivity contribution in [2.45, 2.75) is 6.18 Å². The quantitative estimate of drug-likeness (QED) is 0.199. The third-order valence-corrected chi connectivity index (χ3v) is 4.32. The molecule has 3 aromatic rings. The topological polar surface area (TPSA) is 87.7 Å². The molecule has 3 rings (SSSR count). The van der Waals surface area contributed by atoms with Crippen molar-refractivity contribution in [3.8, 4) is 11.5 Å². The van der Waals surface area contributed by atoms with Crippen molar-refractivity contribution >= 4 is 23.6 Å². The van der Waals surface area contributed by atoms with E-state index in [2.05, 4.69) is 5.32 Å². The van der Waals surface area contributed by atoms with Crippen molar-refractivity contribution in [1.29, 1.82) is 0 Å². The van der Waals surface area contributed by atoms with Crippen molar-refractivity contribution in [1.82, 2.24) is 5.48 Å². The first kappa shape index (κ1) is 23.5. The van der Waals surface area contributed by atoms with Crippen LogP contribution in [0.5, 0.6) is 11.5 Å². The SMILES string of the molecule is O=C(/C=C/c1cc(C(F)(F)F)ccc1NC(=O)c1ccccc1Oc1ccc(F)cc1)NO. The zero-order valence-electron chi connectivity index (χ0n) is 16.7. The van der Waals surface area contributed by atoms with Gasteiger partial charge in [-0.25, -0.2) is 9.87 Å². The van der Waals surface area contributed by atoms with Crippen LogP contribution in [-0.2, 0) is 11.0 Å². The van der Waals surface area contributed by atoms with Gasteiger partial charge in [-0.1, -0.05) is 12.1 Å². The Morgan fingerprint density at radius 1 is 0.970 bits per heavy atom. The highest BCUT2D eigenvalue weighted by Gasteiger charge is 2.31. The van der Waals surface area contributed by atoms with Gasteiger partial charge in [0, 0.05) is 11.8 Å². The Morgan fingerprint density at radius 2 is 1.67 bits per heavy atom. The number of hydroxylamine groups is 1. The number of carbonyl (C=O) groups is 2. The van der Waals surface area contributed by atoms with E-state index >= 15 is 0 Å². The highest BCUT2D eigenvalue weighted by molar-refractivity contribution is 6.07. The van der Waals surface area contributed by atoms with E-state index in [9.17, 15) is 27.2 Å². The van der Waals surface area contributed by atoms with E-state index in [1.165, 1.54) is 41.9 Å². The number of hydrogen-bond acceptors (Lipinski definition) is 4. The predicted octanol–water partition coefficient (Wildman–Crippen LogP) is 5.41. The van der Waals surface area contributed by atoms with E-state index in [4.69, 9.17) is 9.94 Å². The lowest BCUT2D eigenvalue weighted by Crippen LogP contribution is -2.16. The number of amides is 2. The first-order valence-electron chi connectivity index (χ1n) is 9.34. The summed E-state index contributed by atoms with van der Waals surface area (Å²) in [5, 5.41) is 11.1. The predicted molar refractivity (Wildman–Crippen MR) is 111 cm³/mol. The van der Waals surface area contributed by atoms with Crippen LogP contribution in [0.25, 0.3) is 6.08 Å². The van der Waals surface area contributed by atoms with Gasteiger partial charge in [0.15, 0.2) is 0 Å². The number of rotatable bonds is 6. The molecule has 6 nitrogen and oxygen atoms in total. The molecule has 0 atom stereocenters. The summed E-state index contributed by atoms with van der Waals surface area (Å²) in [7, 11) is 0. The summed E-state index contributed by atoms with van der Waals surface area (Å²) < 4.78 is 58.1. The number of nitrogens with one attached hydrogen (secondary N) is 2. The highest BCUT2D eigenvalue weighted by Crippen LogP contribution is 2.33. The number of benzene rings is 3. The molecule has 0 saturated heterocycles. The Hall–Kier alpha value is -4.18. The van der Waals surface area contributed by atoms with Gasteiger partial charge in [0.05, 0.1) is 11.1 Å². The molecular weight excluding hydrogens is 444 g/mol. The molecule has 0 bridgehead atoms. The minimum atomic E-state index is -4.65. The first-order valence-corrected chi connectivity index (χ1v) is 9.34. The van der Waals surface area contributed by atoms with Gasteiger partial charge in [0.1, 0.15) is 17.3 Å². The number of halogens is 4. The highest BCUT2D eigenvalue weighted by atomic mass is 19.4. The number of anilines is 1. The molecule has 0 unspecified atom stereocenters. The number of ether oxygens (including phenoxy) is 1. The second kappa shape index (κ2) is 9.96. The van der Waals surface area contributed by atoms with Crippen molar-refractivity contribution in [2.75, 3.05) is 5.32 Å². The Morgan fingerprint density at radius 3 is 2.33 bits per heavy atom. The molecule has 3 aromatic carbocycles. The minimum absolute atomic E-state index is 0.0217. The Labute approximate surface area is 185 Å². The molecule has 0 spiro atoms. The molecule has 0 radical (unpaired) electrons. The largest absolute Gasteiger partial charge is 0.457 e. The van der Waals surface area contributed by atoms with Gasteiger partial charge in [0.2, 0.25) is 0 Å². The summed E-state index contributed by atoms with van der Waals surface area (Å²) in [6.07, 6.45) is -2.84. The molecule has 33 heavy (non-hydrogen) atoms. The normalized spacial score (nSPS) is 11.3. The maximum absolute atomic E-state index is 13.1. The zero-order valence-corrected chi connectivity index (χ0v) is 16.7. The van der Waals surface area contributed by atoms with Crippen molar-refractivity contribution in [2.24, 2.45) is 0 Å². The monoisotopic (exact) mass is 460 g/mol. The van der Waals surface area contributed by atoms with Crippen LogP contribution < -0.4 is 15.5 Å². The van der Waals surface area contributed by atoms with Crippen LogP contribution in [0.3, 0.4) is 0 Å². The lowest BCUT2D eigenvalue weighted by molar-refractivity contribution is -0.137. The van der Waals surface area contributed by atoms with Crippen LogP contribution in [0, 0.1) is 5.82 Å². The van der Waals surface area contributed by atoms with E-state index in [0.717, 1.165) is 30.4 Å².